The minimum absolute atomic E-state index is 0.0506. The van der Waals surface area contributed by atoms with Crippen LogP contribution in [0.25, 0.3) is 22.4 Å². The molecule has 7 nitrogen and oxygen atoms in total. The van der Waals surface area contributed by atoms with Gasteiger partial charge in [-0.05, 0) is 31.4 Å². The first-order chi connectivity index (χ1) is 13.7. The lowest BCUT2D eigenvalue weighted by atomic mass is 10.1. The second kappa shape index (κ2) is 7.80. The van der Waals surface area contributed by atoms with Crippen molar-refractivity contribution in [1.29, 1.82) is 0 Å². The highest BCUT2D eigenvalue weighted by atomic mass is 16.2. The summed E-state index contributed by atoms with van der Waals surface area (Å²) < 4.78 is 0. The molecule has 2 amide bonds. The van der Waals surface area contributed by atoms with Crippen LogP contribution in [0.1, 0.15) is 46.9 Å². The quantitative estimate of drug-likeness (QED) is 0.715. The van der Waals surface area contributed by atoms with Crippen LogP contribution in [-0.2, 0) is 0 Å². The Kier molecular flexibility index (Phi) is 5.06. The number of aromatic nitrogens is 3. The summed E-state index contributed by atoms with van der Waals surface area (Å²) in [6.07, 6.45) is 6.27. The van der Waals surface area contributed by atoms with Gasteiger partial charge < -0.3 is 15.2 Å². The first-order valence-electron chi connectivity index (χ1n) is 9.69. The van der Waals surface area contributed by atoms with Crippen LogP contribution in [0.15, 0.2) is 36.7 Å². The summed E-state index contributed by atoms with van der Waals surface area (Å²) in [5, 5.41) is 2.86. The number of H-pyrrole nitrogens is 1. The molecule has 0 radical (unpaired) electrons. The fourth-order valence-corrected chi connectivity index (χ4v) is 3.45. The van der Waals surface area contributed by atoms with Crippen molar-refractivity contribution >= 4 is 23.0 Å². The SMILES string of the molecule is CCCNC(=O)c1c[nH]c2ncc(-c3cccc(C(=O)N4CCCC4)c3)nc12. The van der Waals surface area contributed by atoms with E-state index < -0.39 is 0 Å². The minimum atomic E-state index is -0.169. The summed E-state index contributed by atoms with van der Waals surface area (Å²) in [6.45, 7) is 4.24. The Bertz CT molecular complexity index is 1020. The van der Waals surface area contributed by atoms with Crippen molar-refractivity contribution in [3.63, 3.8) is 0 Å². The molecule has 4 rings (SSSR count). The van der Waals surface area contributed by atoms with E-state index in [1.165, 1.54) is 0 Å². The lowest BCUT2D eigenvalue weighted by Gasteiger charge is -2.15. The smallest absolute Gasteiger partial charge is 0.255 e. The second-order valence-electron chi connectivity index (χ2n) is 6.99. The maximum Gasteiger partial charge on any atom is 0.255 e. The van der Waals surface area contributed by atoms with E-state index >= 15 is 0 Å². The number of rotatable bonds is 5. The molecular weight excluding hydrogens is 354 g/mol. The standard InChI is InChI=1S/C21H23N5O2/c1-2-8-22-20(27)16-12-23-19-18(16)25-17(13-24-19)14-6-5-7-15(11-14)21(28)26-9-3-4-10-26/h5-7,11-13H,2-4,8-10H2,1H3,(H,22,27)(H,23,24). The second-order valence-corrected chi connectivity index (χ2v) is 6.99. The molecule has 0 atom stereocenters. The number of likely N-dealkylation sites (tertiary alicyclic amines) is 1. The zero-order valence-electron chi connectivity index (χ0n) is 15.9. The number of hydrogen-bond acceptors (Lipinski definition) is 4. The third-order valence-corrected chi connectivity index (χ3v) is 4.96. The van der Waals surface area contributed by atoms with Crippen LogP contribution in [-0.4, -0.2) is 51.3 Å². The van der Waals surface area contributed by atoms with Crippen LogP contribution in [0.2, 0.25) is 0 Å². The lowest BCUT2D eigenvalue weighted by Crippen LogP contribution is -2.27. The molecule has 0 bridgehead atoms. The molecular formula is C21H23N5O2. The molecule has 2 N–H and O–H groups in total. The Labute approximate surface area is 163 Å². The van der Waals surface area contributed by atoms with Crippen LogP contribution in [0, 0.1) is 0 Å². The Hall–Kier alpha value is -3.22. The lowest BCUT2D eigenvalue weighted by molar-refractivity contribution is 0.0792. The Morgan fingerprint density at radius 3 is 2.86 bits per heavy atom. The van der Waals surface area contributed by atoms with Crippen molar-refractivity contribution < 1.29 is 9.59 Å². The molecule has 0 unspecified atom stereocenters. The van der Waals surface area contributed by atoms with Crippen molar-refractivity contribution in [2.45, 2.75) is 26.2 Å². The summed E-state index contributed by atoms with van der Waals surface area (Å²) in [5.74, 6) is -0.118. The predicted octanol–water partition coefficient (Wildman–Crippen LogP) is 3.00. The Morgan fingerprint density at radius 2 is 2.07 bits per heavy atom. The fourth-order valence-electron chi connectivity index (χ4n) is 3.45. The van der Waals surface area contributed by atoms with E-state index in [0.29, 0.717) is 34.5 Å². The first kappa shape index (κ1) is 18.2. The van der Waals surface area contributed by atoms with Crippen LogP contribution in [0.3, 0.4) is 0 Å². The molecule has 1 saturated heterocycles. The highest BCUT2D eigenvalue weighted by molar-refractivity contribution is 6.04. The molecule has 3 aromatic rings. The molecule has 2 aromatic heterocycles. The summed E-state index contributed by atoms with van der Waals surface area (Å²) in [6, 6.07) is 7.44. The summed E-state index contributed by atoms with van der Waals surface area (Å²) in [4.78, 5) is 39.0. The van der Waals surface area contributed by atoms with Crippen LogP contribution in [0.4, 0.5) is 0 Å². The van der Waals surface area contributed by atoms with Crippen molar-refractivity contribution in [1.82, 2.24) is 25.2 Å². The Balaban J connectivity index is 1.66. The first-order valence-corrected chi connectivity index (χ1v) is 9.69. The monoisotopic (exact) mass is 377 g/mol. The van der Waals surface area contributed by atoms with Gasteiger partial charge in [-0.15, -0.1) is 0 Å². The van der Waals surface area contributed by atoms with E-state index in [-0.39, 0.29) is 11.8 Å². The number of aromatic amines is 1. The van der Waals surface area contributed by atoms with Gasteiger partial charge in [-0.1, -0.05) is 19.1 Å². The summed E-state index contributed by atoms with van der Waals surface area (Å²) in [5.41, 5.74) is 3.66. The molecule has 28 heavy (non-hydrogen) atoms. The third kappa shape index (κ3) is 3.47. The number of nitrogens with one attached hydrogen (secondary N) is 2. The van der Waals surface area contributed by atoms with Gasteiger partial charge in [0.2, 0.25) is 0 Å². The molecule has 3 heterocycles. The van der Waals surface area contributed by atoms with Crippen molar-refractivity contribution in [2.24, 2.45) is 0 Å². The van der Waals surface area contributed by atoms with Crippen LogP contribution in [0.5, 0.6) is 0 Å². The number of fused-ring (bicyclic) bond motifs is 1. The molecule has 144 valence electrons. The van der Waals surface area contributed by atoms with Gasteiger partial charge in [0.1, 0.15) is 5.52 Å². The zero-order chi connectivity index (χ0) is 19.5. The highest BCUT2D eigenvalue weighted by Gasteiger charge is 2.20. The molecule has 1 aliphatic rings. The van der Waals surface area contributed by atoms with Crippen molar-refractivity contribution in [3.8, 4) is 11.3 Å². The average Bonchev–Trinajstić information content (AvgIpc) is 3.41. The van der Waals surface area contributed by atoms with E-state index in [9.17, 15) is 9.59 Å². The van der Waals surface area contributed by atoms with E-state index in [2.05, 4.69) is 20.3 Å². The van der Waals surface area contributed by atoms with Gasteiger partial charge in [0.25, 0.3) is 11.8 Å². The zero-order valence-corrected chi connectivity index (χ0v) is 15.9. The fraction of sp³-hybridized carbons (Fsp3) is 0.333. The van der Waals surface area contributed by atoms with Gasteiger partial charge in [-0.2, -0.15) is 0 Å². The number of nitrogens with zero attached hydrogens (tertiary/aromatic N) is 3. The molecule has 1 fully saturated rings. The maximum atomic E-state index is 12.7. The predicted molar refractivity (Wildman–Crippen MR) is 107 cm³/mol. The van der Waals surface area contributed by atoms with Gasteiger partial charge in [-0.25, -0.2) is 9.97 Å². The number of carbonyl (C=O) groups excluding carboxylic acids is 2. The van der Waals surface area contributed by atoms with E-state index in [4.69, 9.17) is 0 Å². The molecule has 7 heteroatoms. The molecule has 0 aliphatic carbocycles. The van der Waals surface area contributed by atoms with E-state index in [0.717, 1.165) is 37.9 Å². The average molecular weight is 377 g/mol. The number of amides is 2. The van der Waals surface area contributed by atoms with Gasteiger partial charge >= 0.3 is 0 Å². The Morgan fingerprint density at radius 1 is 1.25 bits per heavy atom. The van der Waals surface area contributed by atoms with Gasteiger partial charge in [0.05, 0.1) is 17.5 Å². The van der Waals surface area contributed by atoms with Gasteiger partial charge in [0, 0.05) is 37.0 Å². The van der Waals surface area contributed by atoms with Gasteiger partial charge in [-0.3, -0.25) is 9.59 Å². The van der Waals surface area contributed by atoms with Gasteiger partial charge in [0.15, 0.2) is 5.65 Å². The van der Waals surface area contributed by atoms with E-state index in [1.54, 1.807) is 12.4 Å². The molecule has 1 aliphatic heterocycles. The third-order valence-electron chi connectivity index (χ3n) is 4.96. The molecule has 0 spiro atoms. The number of hydrogen-bond donors (Lipinski definition) is 2. The molecule has 1 aromatic carbocycles. The summed E-state index contributed by atoms with van der Waals surface area (Å²) in [7, 11) is 0. The van der Waals surface area contributed by atoms with Crippen molar-refractivity contribution in [3.05, 3.63) is 47.8 Å². The van der Waals surface area contributed by atoms with Crippen LogP contribution < -0.4 is 5.32 Å². The normalized spacial score (nSPS) is 13.8. The summed E-state index contributed by atoms with van der Waals surface area (Å²) >= 11 is 0. The van der Waals surface area contributed by atoms with Crippen molar-refractivity contribution in [2.75, 3.05) is 19.6 Å². The largest absolute Gasteiger partial charge is 0.352 e. The highest BCUT2D eigenvalue weighted by Crippen LogP contribution is 2.23. The molecule has 0 saturated carbocycles. The number of carbonyl (C=O) groups is 2. The number of benzene rings is 1. The van der Waals surface area contributed by atoms with E-state index in [1.807, 2.05) is 36.1 Å². The maximum absolute atomic E-state index is 12.7. The van der Waals surface area contributed by atoms with Crippen LogP contribution >= 0.6 is 0 Å². The topological polar surface area (TPSA) is 91.0 Å². The minimum Gasteiger partial charge on any atom is -0.352 e.